The van der Waals surface area contributed by atoms with E-state index in [1.165, 1.54) is 0 Å². The summed E-state index contributed by atoms with van der Waals surface area (Å²) in [5.74, 6) is -0.294. The lowest BCUT2D eigenvalue weighted by Crippen LogP contribution is -2.43. The molecule has 0 aromatic heterocycles. The maximum atomic E-state index is 12.3. The van der Waals surface area contributed by atoms with Crippen molar-refractivity contribution in [1.29, 1.82) is 0 Å². The predicted molar refractivity (Wildman–Crippen MR) is 77.7 cm³/mol. The van der Waals surface area contributed by atoms with Crippen LogP contribution in [0.15, 0.2) is 24.3 Å². The first-order valence-corrected chi connectivity index (χ1v) is 7.32. The minimum atomic E-state index is -0.216. The molecular weight excluding hydrogens is 270 g/mol. The number of phenols is 1. The Morgan fingerprint density at radius 2 is 2.24 bits per heavy atom. The molecule has 1 aliphatic heterocycles. The molecule has 1 saturated heterocycles. The first-order chi connectivity index (χ1) is 10.1. The van der Waals surface area contributed by atoms with Gasteiger partial charge in [0.2, 0.25) is 5.91 Å². The maximum Gasteiger partial charge on any atom is 0.310 e. The van der Waals surface area contributed by atoms with E-state index in [-0.39, 0.29) is 30.0 Å². The summed E-state index contributed by atoms with van der Waals surface area (Å²) in [7, 11) is 0. The summed E-state index contributed by atoms with van der Waals surface area (Å²) < 4.78 is 5.03. The molecule has 21 heavy (non-hydrogen) atoms. The largest absolute Gasteiger partial charge is 0.508 e. The van der Waals surface area contributed by atoms with Crippen molar-refractivity contribution in [2.75, 3.05) is 19.7 Å². The van der Waals surface area contributed by atoms with E-state index in [1.54, 1.807) is 30.0 Å². The highest BCUT2D eigenvalue weighted by atomic mass is 16.5. The zero-order valence-electron chi connectivity index (χ0n) is 12.2. The van der Waals surface area contributed by atoms with Crippen LogP contribution in [0.2, 0.25) is 0 Å². The topological polar surface area (TPSA) is 66.8 Å². The van der Waals surface area contributed by atoms with Crippen LogP contribution in [-0.4, -0.2) is 41.6 Å². The van der Waals surface area contributed by atoms with Crippen molar-refractivity contribution in [3.63, 3.8) is 0 Å². The van der Waals surface area contributed by atoms with E-state index in [1.807, 2.05) is 6.07 Å². The Morgan fingerprint density at radius 1 is 1.43 bits per heavy atom. The lowest BCUT2D eigenvalue weighted by atomic mass is 9.97. The molecule has 1 aromatic rings. The Hall–Kier alpha value is -2.04. The number of aromatic hydroxyl groups is 1. The molecule has 1 amide bonds. The summed E-state index contributed by atoms with van der Waals surface area (Å²) in [6.07, 6.45) is 1.83. The molecule has 5 nitrogen and oxygen atoms in total. The molecule has 0 aliphatic carbocycles. The zero-order chi connectivity index (χ0) is 15.2. The van der Waals surface area contributed by atoms with Crippen molar-refractivity contribution in [3.05, 3.63) is 29.8 Å². The van der Waals surface area contributed by atoms with Crippen LogP contribution in [0.3, 0.4) is 0 Å². The third-order valence-corrected chi connectivity index (χ3v) is 3.66. The number of benzene rings is 1. The number of nitrogens with zero attached hydrogens (tertiary/aromatic N) is 1. The number of ether oxygens (including phenoxy) is 1. The number of hydrogen-bond acceptors (Lipinski definition) is 4. The van der Waals surface area contributed by atoms with Gasteiger partial charge in [0.15, 0.2) is 0 Å². The first kappa shape index (κ1) is 15.4. The van der Waals surface area contributed by atoms with E-state index in [2.05, 4.69) is 0 Å². The van der Waals surface area contributed by atoms with Gasteiger partial charge in [0.25, 0.3) is 0 Å². The van der Waals surface area contributed by atoms with Gasteiger partial charge in [-0.25, -0.2) is 0 Å². The predicted octanol–water partition coefficient (Wildman–Crippen LogP) is 1.74. The van der Waals surface area contributed by atoms with Crippen LogP contribution >= 0.6 is 0 Å². The maximum absolute atomic E-state index is 12.3. The molecule has 1 atom stereocenters. The van der Waals surface area contributed by atoms with Crippen molar-refractivity contribution in [2.24, 2.45) is 5.92 Å². The Kier molecular flexibility index (Phi) is 5.20. The molecule has 0 spiro atoms. The van der Waals surface area contributed by atoms with Gasteiger partial charge in [0.1, 0.15) is 5.75 Å². The molecule has 0 radical (unpaired) electrons. The van der Waals surface area contributed by atoms with E-state index >= 15 is 0 Å². The number of carbonyl (C=O) groups excluding carboxylic acids is 2. The van der Waals surface area contributed by atoms with Gasteiger partial charge >= 0.3 is 5.97 Å². The van der Waals surface area contributed by atoms with Crippen LogP contribution in [0.1, 0.15) is 25.3 Å². The molecule has 1 aliphatic rings. The highest BCUT2D eigenvalue weighted by molar-refractivity contribution is 5.80. The van der Waals surface area contributed by atoms with Crippen LogP contribution in [0.4, 0.5) is 0 Å². The molecule has 1 fully saturated rings. The fraction of sp³-hybridized carbons (Fsp3) is 0.500. The summed E-state index contributed by atoms with van der Waals surface area (Å²) >= 11 is 0. The Labute approximate surface area is 124 Å². The van der Waals surface area contributed by atoms with Crippen LogP contribution in [-0.2, 0) is 20.7 Å². The van der Waals surface area contributed by atoms with Gasteiger partial charge in [-0.3, -0.25) is 9.59 Å². The number of phenolic OH excluding ortho intramolecular Hbond substituents is 1. The quantitative estimate of drug-likeness (QED) is 0.858. The fourth-order valence-corrected chi connectivity index (χ4v) is 2.61. The Bertz CT molecular complexity index is 515. The second-order valence-electron chi connectivity index (χ2n) is 5.28. The van der Waals surface area contributed by atoms with Gasteiger partial charge < -0.3 is 14.7 Å². The zero-order valence-corrected chi connectivity index (χ0v) is 12.2. The average molecular weight is 291 g/mol. The molecule has 1 heterocycles. The standard InChI is InChI=1S/C16H21NO4/c1-2-21-16(20)13-6-4-8-17(11-13)15(19)10-12-5-3-7-14(18)9-12/h3,5,7,9,13,18H,2,4,6,8,10-11H2,1H3/t13-/m0/s1. The molecular formula is C16H21NO4. The van der Waals surface area contributed by atoms with Crippen molar-refractivity contribution < 1.29 is 19.4 Å². The second-order valence-corrected chi connectivity index (χ2v) is 5.28. The molecule has 2 rings (SSSR count). The third-order valence-electron chi connectivity index (χ3n) is 3.66. The number of amides is 1. The number of esters is 1. The number of carbonyl (C=O) groups is 2. The SMILES string of the molecule is CCOC(=O)[C@H]1CCCN(C(=O)Cc2cccc(O)c2)C1. The molecule has 1 aromatic carbocycles. The molecule has 5 heteroatoms. The molecule has 0 unspecified atom stereocenters. The van der Waals surface area contributed by atoms with Gasteiger partial charge in [-0.1, -0.05) is 12.1 Å². The van der Waals surface area contributed by atoms with E-state index in [4.69, 9.17) is 4.74 Å². The van der Waals surface area contributed by atoms with E-state index in [0.29, 0.717) is 19.7 Å². The molecule has 0 bridgehead atoms. The van der Waals surface area contributed by atoms with Gasteiger partial charge in [-0.05, 0) is 37.5 Å². The van der Waals surface area contributed by atoms with Gasteiger partial charge in [0, 0.05) is 13.1 Å². The highest BCUT2D eigenvalue weighted by Gasteiger charge is 2.29. The van der Waals surface area contributed by atoms with Crippen LogP contribution in [0.25, 0.3) is 0 Å². The summed E-state index contributed by atoms with van der Waals surface area (Å²) in [4.78, 5) is 25.8. The van der Waals surface area contributed by atoms with E-state index in [9.17, 15) is 14.7 Å². The number of likely N-dealkylation sites (tertiary alicyclic amines) is 1. The Balaban J connectivity index is 1.94. The molecule has 0 saturated carbocycles. The minimum absolute atomic E-state index is 0.0189. The van der Waals surface area contributed by atoms with Crippen LogP contribution in [0.5, 0.6) is 5.75 Å². The average Bonchev–Trinajstić information content (AvgIpc) is 2.47. The van der Waals surface area contributed by atoms with Crippen molar-refractivity contribution in [3.8, 4) is 5.75 Å². The molecule has 1 N–H and O–H groups in total. The number of hydrogen-bond donors (Lipinski definition) is 1. The Morgan fingerprint density at radius 3 is 2.95 bits per heavy atom. The van der Waals surface area contributed by atoms with Gasteiger partial charge in [-0.15, -0.1) is 0 Å². The van der Waals surface area contributed by atoms with Crippen molar-refractivity contribution in [1.82, 2.24) is 4.90 Å². The van der Waals surface area contributed by atoms with Crippen molar-refractivity contribution >= 4 is 11.9 Å². The smallest absolute Gasteiger partial charge is 0.310 e. The monoisotopic (exact) mass is 291 g/mol. The van der Waals surface area contributed by atoms with E-state index < -0.39 is 0 Å². The lowest BCUT2D eigenvalue weighted by Gasteiger charge is -2.31. The number of rotatable bonds is 4. The summed E-state index contributed by atoms with van der Waals surface area (Å²) in [5, 5.41) is 9.42. The molecule has 114 valence electrons. The lowest BCUT2D eigenvalue weighted by molar-refractivity contribution is -0.151. The highest BCUT2D eigenvalue weighted by Crippen LogP contribution is 2.19. The van der Waals surface area contributed by atoms with Gasteiger partial charge in [-0.2, -0.15) is 0 Å². The fourth-order valence-electron chi connectivity index (χ4n) is 2.61. The summed E-state index contributed by atoms with van der Waals surface area (Å²) in [5.41, 5.74) is 0.776. The van der Waals surface area contributed by atoms with Crippen LogP contribution < -0.4 is 0 Å². The van der Waals surface area contributed by atoms with E-state index in [0.717, 1.165) is 18.4 Å². The van der Waals surface area contributed by atoms with Gasteiger partial charge in [0.05, 0.1) is 18.9 Å². The second kappa shape index (κ2) is 7.11. The third kappa shape index (κ3) is 4.21. The number of piperidine rings is 1. The summed E-state index contributed by atoms with van der Waals surface area (Å²) in [6, 6.07) is 6.69. The van der Waals surface area contributed by atoms with Crippen LogP contribution in [0, 0.1) is 5.92 Å². The first-order valence-electron chi connectivity index (χ1n) is 7.32. The summed E-state index contributed by atoms with van der Waals surface area (Å²) in [6.45, 7) is 3.25. The van der Waals surface area contributed by atoms with Crippen molar-refractivity contribution in [2.45, 2.75) is 26.2 Å². The minimum Gasteiger partial charge on any atom is -0.508 e. The normalized spacial score (nSPS) is 18.3.